The lowest BCUT2D eigenvalue weighted by atomic mass is 10.1. The zero-order valence-electron chi connectivity index (χ0n) is 15.5. The van der Waals surface area contributed by atoms with Gasteiger partial charge < -0.3 is 37.0 Å². The summed E-state index contributed by atoms with van der Waals surface area (Å²) < 4.78 is 0. The van der Waals surface area contributed by atoms with E-state index in [1.165, 1.54) is 18.7 Å². The molecule has 0 bridgehead atoms. The van der Waals surface area contributed by atoms with E-state index in [2.05, 4.69) is 10.6 Å². The minimum absolute atomic E-state index is 0.367. The third-order valence-electron chi connectivity index (χ3n) is 3.53. The van der Waals surface area contributed by atoms with Gasteiger partial charge in [-0.3, -0.25) is 19.2 Å². The number of hydrogen-bond acceptors (Lipinski definition) is 8. The van der Waals surface area contributed by atoms with Crippen molar-refractivity contribution >= 4 is 41.4 Å². The summed E-state index contributed by atoms with van der Waals surface area (Å²) in [6.07, 6.45) is 1.36. The van der Waals surface area contributed by atoms with E-state index in [1.807, 2.05) is 11.6 Å². The van der Waals surface area contributed by atoms with Crippen LogP contribution in [-0.4, -0.2) is 87.8 Å². The van der Waals surface area contributed by atoms with Gasteiger partial charge in [-0.15, -0.1) is 0 Å². The molecule has 0 saturated heterocycles. The summed E-state index contributed by atoms with van der Waals surface area (Å²) in [4.78, 5) is 57.6. The molecular weight excluding hydrogens is 396 g/mol. The number of nitrogens with one attached hydrogen (secondary N) is 3. The molecule has 12 nitrogen and oxygen atoms in total. The largest absolute Gasteiger partial charge is 0.481 e. The van der Waals surface area contributed by atoms with Crippen molar-refractivity contribution in [1.29, 1.82) is 0 Å². The van der Waals surface area contributed by atoms with Crippen LogP contribution in [0, 0.1) is 0 Å². The van der Waals surface area contributed by atoms with Gasteiger partial charge in [-0.1, -0.05) is 0 Å². The van der Waals surface area contributed by atoms with E-state index < -0.39 is 66.9 Å². The predicted molar refractivity (Wildman–Crippen MR) is 99.4 cm³/mol. The lowest BCUT2D eigenvalue weighted by molar-refractivity contribution is -0.147. The first-order valence-corrected chi connectivity index (χ1v) is 9.63. The Balaban J connectivity index is 4.77. The quantitative estimate of drug-likeness (QED) is 0.161. The summed E-state index contributed by atoms with van der Waals surface area (Å²) in [7, 11) is 0. The molecule has 0 rings (SSSR count). The molecule has 0 spiro atoms. The standard InChI is InChI=1S/C15H26N4O8S/c1-7(12(23)18-9(15(26)27)5-11(21)22)17-14(25)10(6-20)19-13(24)8(16)3-4-28-2/h7-10,20H,3-6,16H2,1-2H3,(H,17,25)(H,18,23)(H,19,24)(H,21,22)(H,26,27). The Kier molecular flexibility index (Phi) is 11.8. The van der Waals surface area contributed by atoms with Crippen molar-refractivity contribution in [2.24, 2.45) is 5.73 Å². The third-order valence-corrected chi connectivity index (χ3v) is 4.17. The van der Waals surface area contributed by atoms with E-state index in [1.54, 1.807) is 0 Å². The first-order chi connectivity index (χ1) is 13.0. The molecule has 4 atom stereocenters. The minimum Gasteiger partial charge on any atom is -0.481 e. The molecule has 0 aromatic rings. The van der Waals surface area contributed by atoms with Gasteiger partial charge in [-0.05, 0) is 25.4 Å². The molecule has 0 aliphatic rings. The summed E-state index contributed by atoms with van der Waals surface area (Å²) in [6, 6.07) is -5.16. The van der Waals surface area contributed by atoms with Crippen LogP contribution in [-0.2, 0) is 24.0 Å². The van der Waals surface area contributed by atoms with Gasteiger partial charge >= 0.3 is 11.9 Å². The van der Waals surface area contributed by atoms with E-state index in [-0.39, 0.29) is 0 Å². The summed E-state index contributed by atoms with van der Waals surface area (Å²) >= 11 is 1.49. The van der Waals surface area contributed by atoms with Crippen LogP contribution in [0.1, 0.15) is 19.8 Å². The molecule has 0 aliphatic heterocycles. The molecule has 28 heavy (non-hydrogen) atoms. The fourth-order valence-electron chi connectivity index (χ4n) is 1.90. The molecule has 0 heterocycles. The lowest BCUT2D eigenvalue weighted by Gasteiger charge is -2.22. The number of aliphatic hydroxyl groups is 1. The zero-order valence-corrected chi connectivity index (χ0v) is 16.3. The van der Waals surface area contributed by atoms with Gasteiger partial charge in [0.2, 0.25) is 17.7 Å². The highest BCUT2D eigenvalue weighted by Crippen LogP contribution is 2.00. The molecule has 0 aromatic heterocycles. The lowest BCUT2D eigenvalue weighted by Crippen LogP contribution is -2.57. The Labute approximate surface area is 165 Å². The van der Waals surface area contributed by atoms with Crippen LogP contribution in [0.2, 0.25) is 0 Å². The molecule has 4 unspecified atom stereocenters. The van der Waals surface area contributed by atoms with Crippen LogP contribution < -0.4 is 21.7 Å². The van der Waals surface area contributed by atoms with Crippen molar-refractivity contribution in [2.75, 3.05) is 18.6 Å². The van der Waals surface area contributed by atoms with E-state index in [0.29, 0.717) is 12.2 Å². The van der Waals surface area contributed by atoms with Gasteiger partial charge in [0.1, 0.15) is 18.1 Å². The summed E-state index contributed by atoms with van der Waals surface area (Å²) in [5, 5.41) is 33.3. The van der Waals surface area contributed by atoms with Gasteiger partial charge in [0.15, 0.2) is 0 Å². The smallest absolute Gasteiger partial charge is 0.326 e. The van der Waals surface area contributed by atoms with Crippen LogP contribution in [0.25, 0.3) is 0 Å². The van der Waals surface area contributed by atoms with Gasteiger partial charge in [-0.2, -0.15) is 11.8 Å². The maximum atomic E-state index is 12.1. The summed E-state index contributed by atoms with van der Waals surface area (Å²) in [5.74, 6) is -4.82. The highest BCUT2D eigenvalue weighted by atomic mass is 32.2. The van der Waals surface area contributed by atoms with Crippen molar-refractivity contribution in [3.8, 4) is 0 Å². The molecule has 13 heteroatoms. The predicted octanol–water partition coefficient (Wildman–Crippen LogP) is -2.91. The Morgan fingerprint density at radius 1 is 0.964 bits per heavy atom. The van der Waals surface area contributed by atoms with Crippen molar-refractivity contribution in [1.82, 2.24) is 16.0 Å². The number of amides is 3. The van der Waals surface area contributed by atoms with Crippen molar-refractivity contribution in [3.05, 3.63) is 0 Å². The number of aliphatic hydroxyl groups excluding tert-OH is 1. The van der Waals surface area contributed by atoms with Crippen LogP contribution >= 0.6 is 11.8 Å². The van der Waals surface area contributed by atoms with E-state index in [9.17, 15) is 29.1 Å². The zero-order chi connectivity index (χ0) is 21.9. The molecule has 0 aromatic carbocycles. The van der Waals surface area contributed by atoms with Crippen molar-refractivity contribution in [2.45, 2.75) is 43.9 Å². The highest BCUT2D eigenvalue weighted by molar-refractivity contribution is 7.98. The van der Waals surface area contributed by atoms with Crippen molar-refractivity contribution in [3.63, 3.8) is 0 Å². The number of nitrogens with two attached hydrogens (primary N) is 1. The number of carbonyl (C=O) groups is 5. The molecule has 0 aliphatic carbocycles. The second-order valence-electron chi connectivity index (χ2n) is 5.86. The van der Waals surface area contributed by atoms with E-state index in [0.717, 1.165) is 0 Å². The average Bonchev–Trinajstić information content (AvgIpc) is 2.62. The first-order valence-electron chi connectivity index (χ1n) is 8.24. The van der Waals surface area contributed by atoms with Gasteiger partial charge in [0.05, 0.1) is 19.1 Å². The number of thioether (sulfide) groups is 1. The molecule has 160 valence electrons. The van der Waals surface area contributed by atoms with E-state index in [4.69, 9.17) is 15.9 Å². The molecule has 0 radical (unpaired) electrons. The number of hydrogen-bond donors (Lipinski definition) is 7. The fourth-order valence-corrected chi connectivity index (χ4v) is 2.39. The molecule has 0 saturated carbocycles. The number of rotatable bonds is 13. The second kappa shape index (κ2) is 12.9. The maximum absolute atomic E-state index is 12.1. The average molecular weight is 422 g/mol. The second-order valence-corrected chi connectivity index (χ2v) is 6.84. The van der Waals surface area contributed by atoms with Gasteiger partial charge in [0.25, 0.3) is 0 Å². The Morgan fingerprint density at radius 3 is 2.00 bits per heavy atom. The van der Waals surface area contributed by atoms with Crippen LogP contribution in [0.3, 0.4) is 0 Å². The number of carbonyl (C=O) groups excluding carboxylic acids is 3. The Hall–Kier alpha value is -2.38. The Morgan fingerprint density at radius 2 is 1.54 bits per heavy atom. The van der Waals surface area contributed by atoms with Crippen LogP contribution in [0.4, 0.5) is 0 Å². The Bertz CT molecular complexity index is 588. The number of aliphatic carboxylic acids is 2. The summed E-state index contributed by atoms with van der Waals surface area (Å²) in [6.45, 7) is 0.477. The normalized spacial score (nSPS) is 14.9. The number of carboxylic acids is 2. The summed E-state index contributed by atoms with van der Waals surface area (Å²) in [5.41, 5.74) is 5.67. The van der Waals surface area contributed by atoms with Crippen LogP contribution in [0.15, 0.2) is 0 Å². The number of carboxylic acid groups (broad SMARTS) is 2. The van der Waals surface area contributed by atoms with E-state index >= 15 is 0 Å². The monoisotopic (exact) mass is 422 g/mol. The van der Waals surface area contributed by atoms with Gasteiger partial charge in [0, 0.05) is 0 Å². The molecule has 8 N–H and O–H groups in total. The van der Waals surface area contributed by atoms with Gasteiger partial charge in [-0.25, -0.2) is 4.79 Å². The van der Waals surface area contributed by atoms with Crippen molar-refractivity contribution < 1.29 is 39.3 Å². The molecule has 0 fully saturated rings. The first kappa shape index (κ1) is 25.6. The fraction of sp³-hybridized carbons (Fsp3) is 0.667. The maximum Gasteiger partial charge on any atom is 0.326 e. The minimum atomic E-state index is -1.67. The highest BCUT2D eigenvalue weighted by Gasteiger charge is 2.28. The third kappa shape index (κ3) is 9.53. The molecular formula is C15H26N4O8S. The topological polar surface area (TPSA) is 208 Å². The SMILES string of the molecule is CSCCC(N)C(=O)NC(CO)C(=O)NC(C)C(=O)NC(CC(=O)O)C(=O)O. The molecule has 3 amide bonds. The van der Waals surface area contributed by atoms with Crippen LogP contribution in [0.5, 0.6) is 0 Å².